The fourth-order valence-electron chi connectivity index (χ4n) is 2.60. The van der Waals surface area contributed by atoms with Gasteiger partial charge in [-0.15, -0.1) is 11.3 Å². The number of aryl methyl sites for hydroxylation is 1. The van der Waals surface area contributed by atoms with Gasteiger partial charge < -0.3 is 4.90 Å². The molecule has 0 aromatic carbocycles. The second-order valence-electron chi connectivity index (χ2n) is 5.27. The highest BCUT2D eigenvalue weighted by Crippen LogP contribution is 2.42. The Hall–Kier alpha value is -0.870. The molecule has 17 heavy (non-hydrogen) atoms. The maximum atomic E-state index is 12.2. The standard InChI is InChI=1S/C13H18N2OS/c1-7-6-10(7)15-12(14-9(3)13(15)16)11-5-4-8(2)17-11/h4-5,7,9-10,12,14H,6H2,1-3H3. The molecule has 92 valence electrons. The number of nitrogens with one attached hydrogen (secondary N) is 1. The Bertz CT molecular complexity index is 456. The van der Waals surface area contributed by atoms with Crippen molar-refractivity contribution in [3.8, 4) is 0 Å². The molecular formula is C13H18N2OS. The van der Waals surface area contributed by atoms with Gasteiger partial charge in [0.2, 0.25) is 5.91 Å². The van der Waals surface area contributed by atoms with Crippen molar-refractivity contribution < 1.29 is 4.79 Å². The molecule has 4 unspecified atom stereocenters. The van der Waals surface area contributed by atoms with E-state index in [2.05, 4.69) is 36.2 Å². The Kier molecular flexibility index (Phi) is 2.52. The van der Waals surface area contributed by atoms with Gasteiger partial charge in [-0.3, -0.25) is 10.1 Å². The van der Waals surface area contributed by atoms with Crippen LogP contribution in [0.2, 0.25) is 0 Å². The molecule has 2 heterocycles. The van der Waals surface area contributed by atoms with Crippen molar-refractivity contribution in [2.24, 2.45) is 5.92 Å². The first-order valence-electron chi connectivity index (χ1n) is 6.22. The molecule has 1 aliphatic carbocycles. The highest BCUT2D eigenvalue weighted by atomic mass is 32.1. The molecule has 0 spiro atoms. The zero-order valence-electron chi connectivity index (χ0n) is 10.4. The molecule has 2 fully saturated rings. The SMILES string of the molecule is Cc1ccc(C2NC(C)C(=O)N2C2CC2C)s1. The van der Waals surface area contributed by atoms with Crippen LogP contribution in [0, 0.1) is 12.8 Å². The van der Waals surface area contributed by atoms with E-state index in [9.17, 15) is 4.79 Å². The smallest absolute Gasteiger partial charge is 0.241 e. The molecule has 1 amide bonds. The predicted octanol–water partition coefficient (Wildman–Crippen LogP) is 2.28. The van der Waals surface area contributed by atoms with Crippen LogP contribution in [0.1, 0.15) is 36.2 Å². The van der Waals surface area contributed by atoms with Crippen molar-refractivity contribution >= 4 is 17.2 Å². The van der Waals surface area contributed by atoms with Gasteiger partial charge in [0.05, 0.1) is 6.04 Å². The maximum absolute atomic E-state index is 12.2. The average molecular weight is 250 g/mol. The van der Waals surface area contributed by atoms with Gasteiger partial charge in [0.15, 0.2) is 0 Å². The van der Waals surface area contributed by atoms with E-state index >= 15 is 0 Å². The fourth-order valence-corrected chi connectivity index (χ4v) is 3.54. The molecule has 4 heteroatoms. The molecule has 1 aromatic rings. The van der Waals surface area contributed by atoms with Crippen LogP contribution in [0.3, 0.4) is 0 Å². The average Bonchev–Trinajstić information content (AvgIpc) is 2.71. The lowest BCUT2D eigenvalue weighted by Gasteiger charge is -2.23. The van der Waals surface area contributed by atoms with Crippen LogP contribution in [0.5, 0.6) is 0 Å². The zero-order valence-corrected chi connectivity index (χ0v) is 11.3. The van der Waals surface area contributed by atoms with Crippen molar-refractivity contribution in [2.45, 2.75) is 45.4 Å². The van der Waals surface area contributed by atoms with E-state index in [1.54, 1.807) is 11.3 Å². The van der Waals surface area contributed by atoms with Crippen LogP contribution in [0.15, 0.2) is 12.1 Å². The molecule has 0 radical (unpaired) electrons. The first-order valence-corrected chi connectivity index (χ1v) is 7.04. The van der Waals surface area contributed by atoms with Crippen LogP contribution in [-0.4, -0.2) is 22.9 Å². The summed E-state index contributed by atoms with van der Waals surface area (Å²) in [7, 11) is 0. The monoisotopic (exact) mass is 250 g/mol. The topological polar surface area (TPSA) is 32.3 Å². The summed E-state index contributed by atoms with van der Waals surface area (Å²) in [5, 5.41) is 3.41. The lowest BCUT2D eigenvalue weighted by Crippen LogP contribution is -2.33. The Morgan fingerprint density at radius 3 is 2.65 bits per heavy atom. The van der Waals surface area contributed by atoms with E-state index < -0.39 is 0 Å². The minimum Gasteiger partial charge on any atom is -0.317 e. The number of rotatable bonds is 2. The van der Waals surface area contributed by atoms with E-state index in [4.69, 9.17) is 0 Å². The number of carbonyl (C=O) groups excluding carboxylic acids is 1. The van der Waals surface area contributed by atoms with Crippen LogP contribution < -0.4 is 5.32 Å². The van der Waals surface area contributed by atoms with Gasteiger partial charge in [-0.25, -0.2) is 0 Å². The summed E-state index contributed by atoms with van der Waals surface area (Å²) < 4.78 is 0. The van der Waals surface area contributed by atoms with E-state index in [0.29, 0.717) is 12.0 Å². The van der Waals surface area contributed by atoms with E-state index in [-0.39, 0.29) is 18.1 Å². The van der Waals surface area contributed by atoms with Gasteiger partial charge >= 0.3 is 0 Å². The molecule has 1 aromatic heterocycles. The van der Waals surface area contributed by atoms with Crippen LogP contribution in [-0.2, 0) is 4.79 Å². The van der Waals surface area contributed by atoms with Crippen LogP contribution in [0.25, 0.3) is 0 Å². The largest absolute Gasteiger partial charge is 0.317 e. The van der Waals surface area contributed by atoms with Gasteiger partial charge in [-0.2, -0.15) is 0 Å². The first-order chi connectivity index (χ1) is 8.08. The number of hydrogen-bond donors (Lipinski definition) is 1. The van der Waals surface area contributed by atoms with E-state index in [1.165, 1.54) is 9.75 Å². The third-order valence-corrected chi connectivity index (χ3v) is 4.82. The third kappa shape index (κ3) is 1.79. The predicted molar refractivity (Wildman–Crippen MR) is 68.8 cm³/mol. The van der Waals surface area contributed by atoms with Crippen molar-refractivity contribution in [1.29, 1.82) is 0 Å². The molecule has 4 atom stereocenters. The van der Waals surface area contributed by atoms with Crippen molar-refractivity contribution in [2.75, 3.05) is 0 Å². The molecule has 1 N–H and O–H groups in total. The summed E-state index contributed by atoms with van der Waals surface area (Å²) in [4.78, 5) is 16.8. The summed E-state index contributed by atoms with van der Waals surface area (Å²) in [5.74, 6) is 0.921. The van der Waals surface area contributed by atoms with Gasteiger partial charge in [0.1, 0.15) is 6.17 Å². The van der Waals surface area contributed by atoms with Gasteiger partial charge in [0, 0.05) is 15.8 Å². The molecule has 3 nitrogen and oxygen atoms in total. The Morgan fingerprint density at radius 2 is 2.12 bits per heavy atom. The second kappa shape index (κ2) is 3.82. The summed E-state index contributed by atoms with van der Waals surface area (Å²) in [6.07, 6.45) is 1.26. The minimum absolute atomic E-state index is 0.0461. The third-order valence-electron chi connectivity index (χ3n) is 3.77. The van der Waals surface area contributed by atoms with Crippen molar-refractivity contribution in [3.63, 3.8) is 0 Å². The highest BCUT2D eigenvalue weighted by molar-refractivity contribution is 7.12. The van der Waals surface area contributed by atoms with Crippen molar-refractivity contribution in [3.05, 3.63) is 21.9 Å². The number of amides is 1. The second-order valence-corrected chi connectivity index (χ2v) is 6.58. The zero-order chi connectivity index (χ0) is 12.2. The number of nitrogens with zero attached hydrogens (tertiary/aromatic N) is 1. The van der Waals surface area contributed by atoms with Crippen molar-refractivity contribution in [1.82, 2.24) is 10.2 Å². The summed E-state index contributed by atoms with van der Waals surface area (Å²) in [5.41, 5.74) is 0. The minimum atomic E-state index is -0.0461. The molecule has 3 rings (SSSR count). The number of thiophene rings is 1. The molecule has 1 saturated heterocycles. The molecule has 2 aliphatic rings. The lowest BCUT2D eigenvalue weighted by atomic mass is 10.3. The Labute approximate surface area is 106 Å². The number of carbonyl (C=O) groups is 1. The molecule has 1 saturated carbocycles. The van der Waals surface area contributed by atoms with Gasteiger partial charge in [-0.05, 0) is 38.3 Å². The maximum Gasteiger partial charge on any atom is 0.241 e. The molecular weight excluding hydrogens is 232 g/mol. The van der Waals surface area contributed by atoms with Gasteiger partial charge in [-0.1, -0.05) is 6.92 Å². The Balaban J connectivity index is 1.90. The fraction of sp³-hybridized carbons (Fsp3) is 0.615. The molecule has 0 bridgehead atoms. The summed E-state index contributed by atoms with van der Waals surface area (Å²) >= 11 is 1.78. The van der Waals surface area contributed by atoms with Crippen LogP contribution in [0.4, 0.5) is 0 Å². The molecule has 1 aliphatic heterocycles. The van der Waals surface area contributed by atoms with E-state index in [0.717, 1.165) is 6.42 Å². The summed E-state index contributed by atoms with van der Waals surface area (Å²) in [6, 6.07) is 4.68. The normalized spacial score (nSPS) is 36.6. The quantitative estimate of drug-likeness (QED) is 0.873. The lowest BCUT2D eigenvalue weighted by molar-refractivity contribution is -0.130. The summed E-state index contributed by atoms with van der Waals surface area (Å²) in [6.45, 7) is 6.29. The first kappa shape index (κ1) is 11.2. The number of hydrogen-bond acceptors (Lipinski definition) is 3. The highest BCUT2D eigenvalue weighted by Gasteiger charge is 2.49. The Morgan fingerprint density at radius 1 is 1.41 bits per heavy atom. The van der Waals surface area contributed by atoms with Crippen LogP contribution >= 0.6 is 11.3 Å². The van der Waals surface area contributed by atoms with Gasteiger partial charge in [0.25, 0.3) is 0 Å². The van der Waals surface area contributed by atoms with E-state index in [1.807, 2.05) is 6.92 Å².